The monoisotopic (exact) mass is 538 g/mol. The average molecular weight is 539 g/mol. The van der Waals surface area contributed by atoms with Crippen molar-refractivity contribution in [2.75, 3.05) is 62.2 Å². The van der Waals surface area contributed by atoms with Crippen molar-refractivity contribution in [2.24, 2.45) is 7.05 Å². The highest BCUT2D eigenvalue weighted by molar-refractivity contribution is 6.31. The number of anilines is 2. The Labute approximate surface area is 218 Å². The summed E-state index contributed by atoms with van der Waals surface area (Å²) in [6.45, 7) is 8.55. The molecule has 2 aromatic heterocycles. The molecule has 0 aromatic carbocycles. The van der Waals surface area contributed by atoms with Crippen LogP contribution in [0, 0.1) is 0 Å². The molecule has 0 unspecified atom stereocenters. The number of halogens is 4. The van der Waals surface area contributed by atoms with Gasteiger partial charge in [0.05, 0.1) is 16.9 Å². The molecule has 5 heterocycles. The largest absolute Gasteiger partial charge is 0.451 e. The van der Waals surface area contributed by atoms with Crippen LogP contribution >= 0.6 is 11.6 Å². The topological polar surface area (TPSA) is 73.6 Å². The van der Waals surface area contributed by atoms with Crippen molar-refractivity contribution in [1.29, 1.82) is 0 Å². The molecule has 3 saturated heterocycles. The molecule has 0 bridgehead atoms. The van der Waals surface area contributed by atoms with E-state index in [2.05, 4.69) is 26.5 Å². The van der Waals surface area contributed by atoms with Gasteiger partial charge in [0.25, 0.3) is 0 Å². The van der Waals surface area contributed by atoms with E-state index >= 15 is 0 Å². The van der Waals surface area contributed by atoms with E-state index in [0.717, 1.165) is 31.6 Å². The third-order valence-corrected chi connectivity index (χ3v) is 7.89. The number of amides is 1. The molecule has 2 aromatic rings. The number of hydrogen-bond donors (Lipinski definition) is 0. The number of rotatable bonds is 5. The van der Waals surface area contributed by atoms with E-state index < -0.39 is 12.0 Å². The maximum absolute atomic E-state index is 13.7. The molecule has 200 valence electrons. The minimum Gasteiger partial charge on any atom is -0.356 e. The predicted molar refractivity (Wildman–Crippen MR) is 134 cm³/mol. The van der Waals surface area contributed by atoms with Crippen molar-refractivity contribution < 1.29 is 18.0 Å². The lowest BCUT2D eigenvalue weighted by atomic mass is 9.93. The van der Waals surface area contributed by atoms with Gasteiger partial charge in [0.1, 0.15) is 11.6 Å². The van der Waals surface area contributed by atoms with Crippen LogP contribution in [-0.4, -0.2) is 93.9 Å². The van der Waals surface area contributed by atoms with Crippen molar-refractivity contribution >= 4 is 29.1 Å². The molecule has 0 spiro atoms. The van der Waals surface area contributed by atoms with Crippen LogP contribution in [0.5, 0.6) is 0 Å². The Bertz CT molecular complexity index is 1130. The number of carbonyl (C=O) groups excluding carboxylic acids is 1. The first kappa shape index (κ1) is 25.8. The van der Waals surface area contributed by atoms with Crippen molar-refractivity contribution in [3.63, 3.8) is 0 Å². The minimum atomic E-state index is -4.64. The number of aryl methyl sites for hydroxylation is 1. The molecule has 0 atom stereocenters. The molecule has 3 aliphatic rings. The summed E-state index contributed by atoms with van der Waals surface area (Å²) in [6, 6.07) is 1.89. The Morgan fingerprint density at radius 1 is 1.05 bits per heavy atom. The first-order valence-electron chi connectivity index (χ1n) is 12.4. The Hall–Kier alpha value is -2.86. The Balaban J connectivity index is 1.25. The van der Waals surface area contributed by atoms with Gasteiger partial charge in [0, 0.05) is 77.4 Å². The van der Waals surface area contributed by atoms with Gasteiger partial charge in [-0.3, -0.25) is 14.4 Å². The minimum absolute atomic E-state index is 0.0736. The number of carbonyl (C=O) groups is 1. The highest BCUT2D eigenvalue weighted by Gasteiger charge is 2.39. The van der Waals surface area contributed by atoms with Gasteiger partial charge in [-0.1, -0.05) is 18.2 Å². The molecule has 3 aliphatic heterocycles. The predicted octanol–water partition coefficient (Wildman–Crippen LogP) is 2.79. The summed E-state index contributed by atoms with van der Waals surface area (Å²) in [6.07, 6.45) is -0.208. The van der Waals surface area contributed by atoms with Crippen LogP contribution in [0.1, 0.15) is 30.3 Å². The fourth-order valence-electron chi connectivity index (χ4n) is 5.44. The van der Waals surface area contributed by atoms with Crippen LogP contribution in [0.15, 0.2) is 24.9 Å². The third-order valence-electron chi connectivity index (χ3n) is 7.60. The van der Waals surface area contributed by atoms with Gasteiger partial charge < -0.3 is 14.7 Å². The first-order valence-corrected chi connectivity index (χ1v) is 12.8. The van der Waals surface area contributed by atoms with Gasteiger partial charge in [-0.2, -0.15) is 18.3 Å². The molecule has 37 heavy (non-hydrogen) atoms. The van der Waals surface area contributed by atoms with Gasteiger partial charge in [0.15, 0.2) is 0 Å². The summed E-state index contributed by atoms with van der Waals surface area (Å²) in [5.74, 6) is -0.400. The number of nitrogens with zero attached hydrogens (tertiary/aromatic N) is 8. The number of piperazine rings is 1. The number of alkyl halides is 3. The molecule has 0 aliphatic carbocycles. The zero-order valence-corrected chi connectivity index (χ0v) is 21.4. The summed E-state index contributed by atoms with van der Waals surface area (Å²) in [5, 5.41) is 4.82. The van der Waals surface area contributed by atoms with Crippen LogP contribution in [0.2, 0.25) is 5.02 Å². The van der Waals surface area contributed by atoms with Crippen LogP contribution in [0.4, 0.5) is 24.8 Å². The number of hydrogen-bond acceptors (Lipinski definition) is 7. The van der Waals surface area contributed by atoms with Gasteiger partial charge in [-0.25, -0.2) is 9.97 Å². The Morgan fingerprint density at radius 3 is 2.22 bits per heavy atom. The van der Waals surface area contributed by atoms with E-state index in [4.69, 9.17) is 11.6 Å². The summed E-state index contributed by atoms with van der Waals surface area (Å²) in [7, 11) is 1.85. The lowest BCUT2D eigenvalue weighted by molar-refractivity contribution is -0.144. The summed E-state index contributed by atoms with van der Waals surface area (Å²) in [4.78, 5) is 27.4. The molecule has 0 N–H and O–H groups in total. The SMILES string of the molecule is C=CC(=O)N1CCN(C2CN(c3cc(N4CCC(c5c(Cl)cnn5C)CC4)nc(C(F)(F)F)n3)C2)CC1. The summed E-state index contributed by atoms with van der Waals surface area (Å²) < 4.78 is 42.9. The van der Waals surface area contributed by atoms with Crippen LogP contribution in [0.25, 0.3) is 0 Å². The Morgan fingerprint density at radius 2 is 1.68 bits per heavy atom. The first-order chi connectivity index (χ1) is 17.6. The van der Waals surface area contributed by atoms with E-state index in [0.29, 0.717) is 55.9 Å². The van der Waals surface area contributed by atoms with Gasteiger partial charge in [0.2, 0.25) is 11.7 Å². The molecular formula is C24H30ClF3N8O. The average Bonchev–Trinajstić information content (AvgIpc) is 3.20. The standard InChI is InChI=1S/C24H30ClF3N8O/c1-3-21(37)35-10-8-33(9-11-35)17-14-36(15-17)20-12-19(30-23(31-20)24(26,27)28)34-6-4-16(5-7-34)22-18(25)13-29-32(22)2/h3,12-13,16-17H,1,4-11,14-15H2,2H3. The second kappa shape index (κ2) is 10.1. The van der Waals surface area contributed by atoms with Crippen LogP contribution in [-0.2, 0) is 18.0 Å². The number of piperidine rings is 1. The van der Waals surface area contributed by atoms with E-state index in [1.807, 2.05) is 16.8 Å². The highest BCUT2D eigenvalue weighted by Crippen LogP contribution is 2.36. The van der Waals surface area contributed by atoms with E-state index in [1.165, 1.54) is 6.08 Å². The summed E-state index contributed by atoms with van der Waals surface area (Å²) in [5.41, 5.74) is 0.960. The number of aromatic nitrogens is 4. The van der Waals surface area contributed by atoms with Crippen molar-refractivity contribution in [1.82, 2.24) is 29.5 Å². The Kier molecular flexibility index (Phi) is 7.06. The van der Waals surface area contributed by atoms with E-state index in [9.17, 15) is 18.0 Å². The van der Waals surface area contributed by atoms with Crippen molar-refractivity contribution in [2.45, 2.75) is 31.0 Å². The maximum Gasteiger partial charge on any atom is 0.451 e. The molecule has 1 amide bonds. The molecule has 0 saturated carbocycles. The molecule has 0 radical (unpaired) electrons. The van der Waals surface area contributed by atoms with Gasteiger partial charge in [-0.05, 0) is 18.9 Å². The molecule has 5 rings (SSSR count). The molecule has 13 heteroatoms. The highest BCUT2D eigenvalue weighted by atomic mass is 35.5. The second-order valence-corrected chi connectivity index (χ2v) is 10.2. The van der Waals surface area contributed by atoms with Crippen molar-refractivity contribution in [3.8, 4) is 0 Å². The smallest absolute Gasteiger partial charge is 0.356 e. The van der Waals surface area contributed by atoms with E-state index in [-0.39, 0.29) is 17.9 Å². The molecular weight excluding hydrogens is 509 g/mol. The maximum atomic E-state index is 13.7. The van der Waals surface area contributed by atoms with Gasteiger partial charge in [-0.15, -0.1) is 0 Å². The van der Waals surface area contributed by atoms with Crippen LogP contribution < -0.4 is 9.80 Å². The lowest BCUT2D eigenvalue weighted by Crippen LogP contribution is -2.63. The zero-order chi connectivity index (χ0) is 26.3. The lowest BCUT2D eigenvalue weighted by Gasteiger charge is -2.48. The quantitative estimate of drug-likeness (QED) is 0.542. The van der Waals surface area contributed by atoms with Crippen molar-refractivity contribution in [3.05, 3.63) is 41.5 Å². The molecule has 3 fully saturated rings. The summed E-state index contributed by atoms with van der Waals surface area (Å²) >= 11 is 6.30. The zero-order valence-electron chi connectivity index (χ0n) is 20.7. The third kappa shape index (κ3) is 5.26. The fraction of sp³-hybridized carbons (Fsp3) is 0.583. The molecule has 9 nitrogen and oxygen atoms in total. The van der Waals surface area contributed by atoms with Crippen LogP contribution in [0.3, 0.4) is 0 Å². The second-order valence-electron chi connectivity index (χ2n) is 9.79. The fourth-order valence-corrected chi connectivity index (χ4v) is 5.76. The van der Waals surface area contributed by atoms with E-state index in [1.54, 1.807) is 21.8 Å². The van der Waals surface area contributed by atoms with Gasteiger partial charge >= 0.3 is 6.18 Å². The normalized spacial score (nSPS) is 20.3.